The van der Waals surface area contributed by atoms with E-state index < -0.39 is 0 Å². The zero-order chi connectivity index (χ0) is 10.3. The molecule has 3 nitrogen and oxygen atoms in total. The van der Waals surface area contributed by atoms with Gasteiger partial charge in [-0.15, -0.1) is 0 Å². The number of imidazole rings is 1. The number of aromatic nitrogens is 2. The van der Waals surface area contributed by atoms with E-state index in [1.54, 1.807) is 0 Å². The molecule has 2 aromatic rings. The molecule has 15 heavy (non-hydrogen) atoms. The minimum Gasteiger partial charge on any atom is -0.316 e. The summed E-state index contributed by atoms with van der Waals surface area (Å²) in [6, 6.07) is 4.31. The zero-order valence-electron chi connectivity index (χ0n) is 8.28. The van der Waals surface area contributed by atoms with Gasteiger partial charge < -0.3 is 5.32 Å². The van der Waals surface area contributed by atoms with Crippen LogP contribution < -0.4 is 5.32 Å². The van der Waals surface area contributed by atoms with Crippen molar-refractivity contribution < 1.29 is 0 Å². The number of hydrogen-bond donors (Lipinski definition) is 1. The van der Waals surface area contributed by atoms with Gasteiger partial charge in [-0.25, -0.2) is 4.98 Å². The maximum absolute atomic E-state index is 5.92. The van der Waals surface area contributed by atoms with Crippen LogP contribution in [0.1, 0.15) is 17.9 Å². The molecular weight excluding hydrogens is 210 g/mol. The van der Waals surface area contributed by atoms with Crippen molar-refractivity contribution in [3.8, 4) is 0 Å². The molecule has 78 valence electrons. The average molecular weight is 222 g/mol. The Morgan fingerprint density at radius 3 is 3.27 bits per heavy atom. The van der Waals surface area contributed by atoms with Crippen LogP contribution in [0.2, 0.25) is 5.28 Å². The maximum Gasteiger partial charge on any atom is 0.207 e. The number of fused-ring (bicyclic) bond motifs is 1. The zero-order valence-corrected chi connectivity index (χ0v) is 9.04. The molecule has 0 bridgehead atoms. The third kappa shape index (κ3) is 1.52. The fourth-order valence-corrected chi connectivity index (χ4v) is 2.38. The van der Waals surface area contributed by atoms with Crippen molar-refractivity contribution in [1.29, 1.82) is 0 Å². The second-order valence-electron chi connectivity index (χ2n) is 3.97. The van der Waals surface area contributed by atoms with Crippen LogP contribution >= 0.6 is 11.6 Å². The highest BCUT2D eigenvalue weighted by Gasteiger charge is 2.16. The van der Waals surface area contributed by atoms with Gasteiger partial charge in [0, 0.05) is 12.7 Å². The van der Waals surface area contributed by atoms with Gasteiger partial charge in [0.2, 0.25) is 5.28 Å². The van der Waals surface area contributed by atoms with Gasteiger partial charge >= 0.3 is 0 Å². The van der Waals surface area contributed by atoms with E-state index in [2.05, 4.69) is 22.4 Å². The Balaban J connectivity index is 2.05. The Morgan fingerprint density at radius 1 is 1.53 bits per heavy atom. The van der Waals surface area contributed by atoms with Crippen LogP contribution in [-0.2, 0) is 0 Å². The van der Waals surface area contributed by atoms with Crippen LogP contribution in [0, 0.1) is 0 Å². The molecule has 1 atom stereocenters. The summed E-state index contributed by atoms with van der Waals surface area (Å²) in [6.45, 7) is 2.20. The molecule has 1 aliphatic heterocycles. The lowest BCUT2D eigenvalue weighted by atomic mass is 9.99. The predicted octanol–water partition coefficient (Wildman–Crippen LogP) is 2.06. The molecule has 3 heterocycles. The smallest absolute Gasteiger partial charge is 0.207 e. The van der Waals surface area contributed by atoms with E-state index in [1.165, 1.54) is 12.0 Å². The van der Waals surface area contributed by atoms with Gasteiger partial charge in [-0.3, -0.25) is 4.40 Å². The molecule has 0 amide bonds. The number of nitrogens with one attached hydrogen (secondary N) is 1. The third-order valence-corrected chi connectivity index (χ3v) is 3.32. The van der Waals surface area contributed by atoms with E-state index in [1.807, 2.05) is 16.8 Å². The number of nitrogens with zero attached hydrogens (tertiary/aromatic N) is 2. The van der Waals surface area contributed by atoms with Crippen molar-refractivity contribution in [3.05, 3.63) is 35.4 Å². The first-order chi connectivity index (χ1) is 7.34. The summed E-state index contributed by atoms with van der Waals surface area (Å²) >= 11 is 5.92. The molecule has 0 aliphatic carbocycles. The third-order valence-electron chi connectivity index (χ3n) is 3.04. The summed E-state index contributed by atoms with van der Waals surface area (Å²) < 4.78 is 1.90. The predicted molar refractivity (Wildman–Crippen MR) is 60.4 cm³/mol. The van der Waals surface area contributed by atoms with Crippen molar-refractivity contribution in [3.63, 3.8) is 0 Å². The van der Waals surface area contributed by atoms with Gasteiger partial charge in [0.25, 0.3) is 0 Å². The van der Waals surface area contributed by atoms with E-state index in [0.29, 0.717) is 11.2 Å². The topological polar surface area (TPSA) is 29.3 Å². The highest BCUT2D eigenvalue weighted by Crippen LogP contribution is 2.24. The first-order valence-corrected chi connectivity index (χ1v) is 5.55. The molecule has 1 aliphatic rings. The van der Waals surface area contributed by atoms with Gasteiger partial charge in [-0.1, -0.05) is 0 Å². The van der Waals surface area contributed by atoms with Crippen molar-refractivity contribution in [2.45, 2.75) is 12.3 Å². The van der Waals surface area contributed by atoms with Gasteiger partial charge in [0.1, 0.15) is 0 Å². The van der Waals surface area contributed by atoms with Crippen LogP contribution in [0.5, 0.6) is 0 Å². The van der Waals surface area contributed by atoms with E-state index in [9.17, 15) is 0 Å². The first-order valence-electron chi connectivity index (χ1n) is 5.18. The van der Waals surface area contributed by atoms with Crippen LogP contribution in [0.15, 0.2) is 24.5 Å². The maximum atomic E-state index is 5.92. The lowest BCUT2D eigenvalue weighted by Crippen LogP contribution is -2.08. The number of halogens is 1. The SMILES string of the molecule is Clc1ncc2cc(C3CCNC3)ccn12. The molecule has 3 rings (SSSR count). The van der Waals surface area contributed by atoms with Crippen LogP contribution in [0.3, 0.4) is 0 Å². The van der Waals surface area contributed by atoms with E-state index in [4.69, 9.17) is 11.6 Å². The number of hydrogen-bond acceptors (Lipinski definition) is 2. The van der Waals surface area contributed by atoms with Gasteiger partial charge in [-0.2, -0.15) is 0 Å². The molecule has 0 saturated carbocycles. The minimum atomic E-state index is 0.529. The molecule has 1 saturated heterocycles. The summed E-state index contributed by atoms with van der Waals surface area (Å²) in [5.74, 6) is 0.642. The molecule has 1 fully saturated rings. The van der Waals surface area contributed by atoms with Gasteiger partial charge in [-0.05, 0) is 48.2 Å². The molecule has 2 aromatic heterocycles. The van der Waals surface area contributed by atoms with E-state index in [0.717, 1.165) is 18.6 Å². The standard InChI is InChI=1S/C11H12ClN3/c12-11-14-7-10-5-8(2-4-15(10)11)9-1-3-13-6-9/h2,4-5,7,9,13H,1,3,6H2. The summed E-state index contributed by atoms with van der Waals surface area (Å²) in [5.41, 5.74) is 2.45. The van der Waals surface area contributed by atoms with Crippen molar-refractivity contribution in [2.75, 3.05) is 13.1 Å². The second-order valence-corrected chi connectivity index (χ2v) is 4.31. The summed E-state index contributed by atoms with van der Waals surface area (Å²) in [7, 11) is 0. The van der Waals surface area contributed by atoms with Gasteiger partial charge in [0.15, 0.2) is 0 Å². The number of rotatable bonds is 1. The highest BCUT2D eigenvalue weighted by atomic mass is 35.5. The molecule has 0 spiro atoms. The fraction of sp³-hybridized carbons (Fsp3) is 0.364. The lowest BCUT2D eigenvalue weighted by molar-refractivity contribution is 0.762. The summed E-state index contributed by atoms with van der Waals surface area (Å²) in [5, 5.41) is 3.90. The molecule has 4 heteroatoms. The Morgan fingerprint density at radius 2 is 2.47 bits per heavy atom. The van der Waals surface area contributed by atoms with Crippen molar-refractivity contribution in [1.82, 2.24) is 14.7 Å². The van der Waals surface area contributed by atoms with Crippen LogP contribution in [0.25, 0.3) is 5.52 Å². The summed E-state index contributed by atoms with van der Waals surface area (Å²) in [4.78, 5) is 4.08. The summed E-state index contributed by atoms with van der Waals surface area (Å²) in [6.07, 6.45) is 5.03. The fourth-order valence-electron chi connectivity index (χ4n) is 2.18. The molecule has 1 unspecified atom stereocenters. The largest absolute Gasteiger partial charge is 0.316 e. The monoisotopic (exact) mass is 221 g/mol. The second kappa shape index (κ2) is 3.51. The Hall–Kier alpha value is -1.06. The minimum absolute atomic E-state index is 0.529. The molecular formula is C11H12ClN3. The quantitative estimate of drug-likeness (QED) is 0.799. The first kappa shape index (κ1) is 9.19. The molecule has 0 aromatic carbocycles. The average Bonchev–Trinajstić information content (AvgIpc) is 2.88. The normalized spacial score (nSPS) is 21.3. The lowest BCUT2D eigenvalue weighted by Gasteiger charge is -2.08. The van der Waals surface area contributed by atoms with Crippen molar-refractivity contribution >= 4 is 17.1 Å². The van der Waals surface area contributed by atoms with Crippen LogP contribution in [0.4, 0.5) is 0 Å². The Kier molecular flexibility index (Phi) is 2.15. The Labute approximate surface area is 93.1 Å². The van der Waals surface area contributed by atoms with E-state index in [-0.39, 0.29) is 0 Å². The number of pyridine rings is 1. The van der Waals surface area contributed by atoms with Crippen LogP contribution in [-0.4, -0.2) is 22.5 Å². The van der Waals surface area contributed by atoms with Gasteiger partial charge in [0.05, 0.1) is 11.7 Å². The van der Waals surface area contributed by atoms with Crippen molar-refractivity contribution in [2.24, 2.45) is 0 Å². The highest BCUT2D eigenvalue weighted by molar-refractivity contribution is 6.28. The Bertz CT molecular complexity index is 486. The molecule has 0 radical (unpaired) electrons. The molecule has 1 N–H and O–H groups in total. The van der Waals surface area contributed by atoms with E-state index >= 15 is 0 Å².